The number of nitrogens with one attached hydrogen (secondary N) is 2. The Morgan fingerprint density at radius 1 is 0.900 bits per heavy atom. The summed E-state index contributed by atoms with van der Waals surface area (Å²) in [6.07, 6.45) is -2.60. The van der Waals surface area contributed by atoms with E-state index in [1.54, 1.807) is 6.92 Å². The Balaban J connectivity index is 2.01. The van der Waals surface area contributed by atoms with Gasteiger partial charge in [0.1, 0.15) is 25.4 Å². The fourth-order valence-electron chi connectivity index (χ4n) is 3.52. The second kappa shape index (κ2) is 9.45. The highest BCUT2D eigenvalue weighted by molar-refractivity contribution is 6.03. The molecule has 2 amide bonds. The first-order chi connectivity index (χ1) is 14.5. The van der Waals surface area contributed by atoms with Gasteiger partial charge < -0.3 is 29.6 Å². The van der Waals surface area contributed by atoms with E-state index in [4.69, 9.17) is 18.9 Å². The monoisotopic (exact) mass is 416 g/mol. The van der Waals surface area contributed by atoms with Crippen molar-refractivity contribution in [3.63, 3.8) is 0 Å². The first-order valence-corrected chi connectivity index (χ1v) is 9.54. The number of esters is 1. The third-order valence-corrected chi connectivity index (χ3v) is 4.84. The zero-order chi connectivity index (χ0) is 21.7. The van der Waals surface area contributed by atoms with E-state index in [-0.39, 0.29) is 19.8 Å². The third-order valence-electron chi connectivity index (χ3n) is 4.84. The molecular weight excluding hydrogens is 392 g/mol. The van der Waals surface area contributed by atoms with E-state index in [0.29, 0.717) is 22.3 Å². The molecule has 1 aromatic rings. The van der Waals surface area contributed by atoms with Crippen molar-refractivity contribution in [3.05, 3.63) is 52.6 Å². The quantitative estimate of drug-likeness (QED) is 0.396. The van der Waals surface area contributed by atoms with Crippen LogP contribution in [0, 0.1) is 0 Å². The zero-order valence-corrected chi connectivity index (χ0v) is 17.0. The average molecular weight is 416 g/mol. The van der Waals surface area contributed by atoms with Crippen LogP contribution in [0.2, 0.25) is 0 Å². The van der Waals surface area contributed by atoms with Crippen molar-refractivity contribution >= 4 is 23.7 Å². The van der Waals surface area contributed by atoms with E-state index in [1.807, 2.05) is 30.3 Å². The minimum Gasteiger partial charge on any atom is -0.463 e. The van der Waals surface area contributed by atoms with Gasteiger partial charge in [0.05, 0.1) is 12.2 Å². The van der Waals surface area contributed by atoms with Crippen molar-refractivity contribution < 1.29 is 33.3 Å². The maximum Gasteiger partial charge on any atom is 0.407 e. The minimum absolute atomic E-state index is 0.0697. The molecule has 1 aromatic carbocycles. The molecule has 0 aliphatic carbocycles. The van der Waals surface area contributed by atoms with Crippen molar-refractivity contribution in [3.8, 4) is 0 Å². The molecule has 30 heavy (non-hydrogen) atoms. The lowest BCUT2D eigenvalue weighted by Crippen LogP contribution is -2.28. The Bertz CT molecular complexity index is 892. The van der Waals surface area contributed by atoms with E-state index >= 15 is 0 Å². The molecule has 0 spiro atoms. The Morgan fingerprint density at radius 2 is 1.47 bits per heavy atom. The van der Waals surface area contributed by atoms with Crippen LogP contribution in [0.3, 0.4) is 0 Å². The van der Waals surface area contributed by atoms with Crippen LogP contribution in [0.5, 0.6) is 0 Å². The first-order valence-electron chi connectivity index (χ1n) is 9.54. The highest BCUT2D eigenvalue weighted by Gasteiger charge is 2.50. The average Bonchev–Trinajstić information content (AvgIpc) is 3.32. The summed E-state index contributed by atoms with van der Waals surface area (Å²) in [5.74, 6) is -0.493. The fourth-order valence-corrected chi connectivity index (χ4v) is 3.52. The van der Waals surface area contributed by atoms with Gasteiger partial charge in [0.15, 0.2) is 0 Å². The predicted molar refractivity (Wildman–Crippen MR) is 106 cm³/mol. The van der Waals surface area contributed by atoms with Crippen LogP contribution >= 0.6 is 0 Å². The standard InChI is InChI=1S/C21H24N2O7/c1-4-27-19(24)16-15(12-8-6-5-7-9-12)17-13(10-28-20(25)22-2)14(18(16)30-17)11-29-21(26)23-3/h5-9,17-18H,4,10-11H2,1-3H3,(H,22,25)(H,23,26). The summed E-state index contributed by atoms with van der Waals surface area (Å²) in [6.45, 7) is 1.75. The smallest absolute Gasteiger partial charge is 0.407 e. The van der Waals surface area contributed by atoms with Crippen molar-refractivity contribution in [2.24, 2.45) is 0 Å². The van der Waals surface area contributed by atoms with Gasteiger partial charge in [-0.25, -0.2) is 14.4 Å². The summed E-state index contributed by atoms with van der Waals surface area (Å²) in [6, 6.07) is 9.33. The van der Waals surface area contributed by atoms with Gasteiger partial charge in [0.2, 0.25) is 0 Å². The van der Waals surface area contributed by atoms with Gasteiger partial charge in [0, 0.05) is 30.8 Å². The number of benzene rings is 1. The molecule has 3 rings (SSSR count). The summed E-state index contributed by atoms with van der Waals surface area (Å²) < 4.78 is 21.8. The fraction of sp³-hybridized carbons (Fsp3) is 0.381. The normalized spacial score (nSPS) is 19.6. The van der Waals surface area contributed by atoms with Crippen LogP contribution in [-0.2, 0) is 23.7 Å². The van der Waals surface area contributed by atoms with Crippen molar-refractivity contribution in [2.45, 2.75) is 19.1 Å². The molecule has 2 aliphatic rings. The number of carbonyl (C=O) groups is 3. The van der Waals surface area contributed by atoms with Gasteiger partial charge in [-0.3, -0.25) is 0 Å². The van der Waals surface area contributed by atoms with E-state index in [9.17, 15) is 14.4 Å². The number of alkyl carbamates (subject to hydrolysis) is 2. The van der Waals surface area contributed by atoms with Gasteiger partial charge in [-0.05, 0) is 12.5 Å². The third kappa shape index (κ3) is 4.16. The zero-order valence-electron chi connectivity index (χ0n) is 17.0. The van der Waals surface area contributed by atoms with Crippen LogP contribution in [0.15, 0.2) is 47.1 Å². The SMILES string of the molecule is CCOC(=O)C1=C(c2ccccc2)C2OC1C(COC(=O)NC)=C2COC(=O)NC. The summed E-state index contributed by atoms with van der Waals surface area (Å²) >= 11 is 0. The van der Waals surface area contributed by atoms with Gasteiger partial charge in [0.25, 0.3) is 0 Å². The van der Waals surface area contributed by atoms with E-state index in [2.05, 4.69) is 10.6 Å². The molecule has 0 fully saturated rings. The molecule has 9 heteroatoms. The van der Waals surface area contributed by atoms with Crippen LogP contribution in [-0.4, -0.2) is 64.3 Å². The molecule has 2 atom stereocenters. The number of hydrogen-bond donors (Lipinski definition) is 2. The lowest BCUT2D eigenvalue weighted by Gasteiger charge is -2.22. The largest absolute Gasteiger partial charge is 0.463 e. The summed E-state index contributed by atoms with van der Waals surface area (Å²) in [4.78, 5) is 36.0. The summed E-state index contributed by atoms with van der Waals surface area (Å²) in [5, 5.41) is 4.76. The van der Waals surface area contributed by atoms with Gasteiger partial charge in [-0.1, -0.05) is 30.3 Å². The van der Waals surface area contributed by atoms with Crippen LogP contribution in [0.1, 0.15) is 12.5 Å². The van der Waals surface area contributed by atoms with E-state index in [1.165, 1.54) is 14.1 Å². The number of rotatable bonds is 7. The lowest BCUT2D eigenvalue weighted by molar-refractivity contribution is -0.139. The molecule has 2 aliphatic heterocycles. The Hall–Kier alpha value is -3.33. The molecule has 9 nitrogen and oxygen atoms in total. The Morgan fingerprint density at radius 3 is 2.00 bits per heavy atom. The molecule has 2 N–H and O–H groups in total. The van der Waals surface area contributed by atoms with Crippen molar-refractivity contribution in [1.29, 1.82) is 0 Å². The number of hydrogen-bond acceptors (Lipinski definition) is 7. The van der Waals surface area contributed by atoms with Crippen LogP contribution in [0.4, 0.5) is 9.59 Å². The second-order valence-corrected chi connectivity index (χ2v) is 6.51. The van der Waals surface area contributed by atoms with Crippen LogP contribution in [0.25, 0.3) is 5.57 Å². The number of fused-ring (bicyclic) bond motifs is 2. The Labute approximate surface area is 174 Å². The summed E-state index contributed by atoms with van der Waals surface area (Å²) in [7, 11) is 2.90. The summed E-state index contributed by atoms with van der Waals surface area (Å²) in [5.41, 5.74) is 3.04. The van der Waals surface area contributed by atoms with E-state index < -0.39 is 30.4 Å². The number of amides is 2. The molecule has 2 heterocycles. The molecule has 0 radical (unpaired) electrons. The minimum atomic E-state index is -0.753. The van der Waals surface area contributed by atoms with Crippen molar-refractivity contribution in [2.75, 3.05) is 33.9 Å². The van der Waals surface area contributed by atoms with Gasteiger partial charge in [-0.2, -0.15) is 0 Å². The lowest BCUT2D eigenvalue weighted by atomic mass is 9.83. The number of ether oxygens (including phenoxy) is 4. The maximum absolute atomic E-state index is 12.8. The molecule has 0 saturated heterocycles. The highest BCUT2D eigenvalue weighted by Crippen LogP contribution is 2.48. The Kier molecular flexibility index (Phi) is 6.73. The number of carbonyl (C=O) groups excluding carboxylic acids is 3. The molecular formula is C21H24N2O7. The molecule has 0 aromatic heterocycles. The predicted octanol–water partition coefficient (Wildman–Crippen LogP) is 1.79. The molecule has 2 bridgehead atoms. The molecule has 160 valence electrons. The van der Waals surface area contributed by atoms with E-state index in [0.717, 1.165) is 5.56 Å². The topological polar surface area (TPSA) is 112 Å². The molecule has 0 saturated carbocycles. The second-order valence-electron chi connectivity index (χ2n) is 6.51. The highest BCUT2D eigenvalue weighted by atomic mass is 16.6. The first kappa shape index (κ1) is 21.4. The van der Waals surface area contributed by atoms with Gasteiger partial charge >= 0.3 is 18.2 Å². The van der Waals surface area contributed by atoms with Gasteiger partial charge in [-0.15, -0.1) is 0 Å². The maximum atomic E-state index is 12.8. The molecule has 2 unspecified atom stereocenters. The van der Waals surface area contributed by atoms with Crippen molar-refractivity contribution in [1.82, 2.24) is 10.6 Å². The van der Waals surface area contributed by atoms with Crippen LogP contribution < -0.4 is 10.6 Å².